The van der Waals surface area contributed by atoms with Crippen molar-refractivity contribution in [3.63, 3.8) is 0 Å². The Bertz CT molecular complexity index is 2620. The van der Waals surface area contributed by atoms with E-state index in [1.807, 2.05) is 23.5 Å². The van der Waals surface area contributed by atoms with Gasteiger partial charge in [0, 0.05) is 43.9 Å². The van der Waals surface area contributed by atoms with E-state index < -0.39 is 0 Å². The van der Waals surface area contributed by atoms with Gasteiger partial charge in [-0.15, -0.1) is 23.5 Å². The number of fused-ring (bicyclic) bond motifs is 6. The number of hydrogen-bond donors (Lipinski definition) is 2. The first-order valence-electron chi connectivity index (χ1n) is 20.9. The number of hydrogen-bond acceptors (Lipinski definition) is 4. The Labute approximate surface area is 362 Å². The number of benzene rings is 8. The van der Waals surface area contributed by atoms with Crippen LogP contribution >= 0.6 is 23.5 Å². The number of aryl methyl sites for hydroxylation is 2. The highest BCUT2D eigenvalue weighted by Gasteiger charge is 2.34. The molecule has 4 heteroatoms. The molecule has 0 saturated heterocycles. The van der Waals surface area contributed by atoms with Crippen molar-refractivity contribution < 1.29 is 10.2 Å². The fraction of sp³-hybridized carbons (Fsp3) is 0.143. The lowest BCUT2D eigenvalue weighted by Crippen LogP contribution is -2.01. The fourth-order valence-electron chi connectivity index (χ4n) is 9.64. The van der Waals surface area contributed by atoms with E-state index in [1.54, 1.807) is 0 Å². The zero-order valence-corrected chi connectivity index (χ0v) is 35.5. The zero-order chi connectivity index (χ0) is 40.7. The van der Waals surface area contributed by atoms with Gasteiger partial charge < -0.3 is 10.2 Å². The highest BCUT2D eigenvalue weighted by atomic mass is 32.2. The lowest BCUT2D eigenvalue weighted by molar-refractivity contribution is 0.468. The molecule has 0 amide bonds. The van der Waals surface area contributed by atoms with Crippen molar-refractivity contribution in [3.8, 4) is 56.0 Å². The molecule has 0 spiro atoms. The second kappa shape index (κ2) is 16.3. The fourth-order valence-corrected chi connectivity index (χ4v) is 11.8. The molecule has 0 fully saturated rings. The van der Waals surface area contributed by atoms with Gasteiger partial charge in [-0.25, -0.2) is 0 Å². The van der Waals surface area contributed by atoms with Gasteiger partial charge in [0.05, 0.1) is 0 Å². The van der Waals surface area contributed by atoms with Crippen molar-refractivity contribution in [1.29, 1.82) is 0 Å². The first-order valence-corrected chi connectivity index (χ1v) is 22.9. The molecule has 0 unspecified atom stereocenters. The van der Waals surface area contributed by atoms with E-state index in [-0.39, 0.29) is 11.8 Å². The first kappa shape index (κ1) is 38.3. The van der Waals surface area contributed by atoms with Gasteiger partial charge in [0.2, 0.25) is 0 Å². The summed E-state index contributed by atoms with van der Waals surface area (Å²) < 4.78 is 0. The van der Waals surface area contributed by atoms with E-state index in [4.69, 9.17) is 0 Å². The van der Waals surface area contributed by atoms with Crippen molar-refractivity contribution in [1.82, 2.24) is 0 Å². The van der Waals surface area contributed by atoms with Crippen LogP contribution in [0.2, 0.25) is 0 Å². The molecule has 0 aromatic heterocycles. The zero-order valence-electron chi connectivity index (χ0n) is 33.9. The lowest BCUT2D eigenvalue weighted by Gasteiger charge is -2.20. The third-order valence-corrected chi connectivity index (χ3v) is 14.6. The Kier molecular flexibility index (Phi) is 10.4. The summed E-state index contributed by atoms with van der Waals surface area (Å²) in [7, 11) is 0. The van der Waals surface area contributed by atoms with Crippen LogP contribution in [0.3, 0.4) is 0 Å². The van der Waals surface area contributed by atoms with Crippen LogP contribution in [-0.4, -0.2) is 21.7 Å². The highest BCUT2D eigenvalue weighted by Crippen LogP contribution is 2.54. The Morgan fingerprint density at radius 1 is 0.350 bits per heavy atom. The highest BCUT2D eigenvalue weighted by molar-refractivity contribution is 7.99. The number of phenols is 2. The molecule has 0 aliphatic heterocycles. The largest absolute Gasteiger partial charge is 0.507 e. The Hall–Kier alpha value is -5.94. The molecule has 60 heavy (non-hydrogen) atoms. The first-order chi connectivity index (χ1) is 29.5. The van der Waals surface area contributed by atoms with Crippen LogP contribution in [0.25, 0.3) is 44.5 Å². The van der Waals surface area contributed by atoms with Crippen molar-refractivity contribution in [2.24, 2.45) is 0 Å². The van der Waals surface area contributed by atoms with Gasteiger partial charge in [-0.05, 0) is 129 Å². The standard InChI is InChI=1S/C56H46O2S2/c1-35-31-47(55(57)49(33-35)53-43-23-7-3-17-37(43)38-18-4-8-24-44(38)53)41-21-11-13-27-51(41)59-29-15-16-30-60-52-28-14-12-22-42(52)48-32-36(2)34-50(56(48)58)54-45-25-9-5-19-39(45)40-20-6-10-26-46(40)54/h3-14,17-28,31-34,53-54,57-58H,15-16,29-30H2,1-2H3. The Morgan fingerprint density at radius 2 is 0.650 bits per heavy atom. The molecule has 0 saturated carbocycles. The predicted molar refractivity (Wildman–Crippen MR) is 253 cm³/mol. The molecule has 0 heterocycles. The summed E-state index contributed by atoms with van der Waals surface area (Å²) in [6.45, 7) is 4.27. The van der Waals surface area contributed by atoms with Gasteiger partial charge >= 0.3 is 0 Å². The van der Waals surface area contributed by atoms with Crippen LogP contribution in [0.5, 0.6) is 11.5 Å². The molecule has 10 rings (SSSR count). The summed E-state index contributed by atoms with van der Waals surface area (Å²) in [5.41, 5.74) is 18.1. The summed E-state index contributed by atoms with van der Waals surface area (Å²) >= 11 is 3.74. The Balaban J connectivity index is 0.845. The van der Waals surface area contributed by atoms with E-state index in [1.165, 1.54) is 54.3 Å². The van der Waals surface area contributed by atoms with Crippen LogP contribution in [0.4, 0.5) is 0 Å². The van der Waals surface area contributed by atoms with E-state index in [9.17, 15) is 10.2 Å². The average molecular weight is 815 g/mol. The summed E-state index contributed by atoms with van der Waals surface area (Å²) in [6, 6.07) is 60.1. The maximum absolute atomic E-state index is 12.1. The second-order valence-electron chi connectivity index (χ2n) is 16.1. The van der Waals surface area contributed by atoms with E-state index >= 15 is 0 Å². The lowest BCUT2D eigenvalue weighted by atomic mass is 9.85. The van der Waals surface area contributed by atoms with Crippen molar-refractivity contribution in [3.05, 3.63) is 214 Å². The molecule has 0 radical (unpaired) electrons. The second-order valence-corrected chi connectivity index (χ2v) is 18.4. The number of phenolic OH excluding ortho intramolecular Hbond substituents is 2. The minimum atomic E-state index is -0.0160. The number of aromatic hydroxyl groups is 2. The summed E-state index contributed by atoms with van der Waals surface area (Å²) in [6.07, 6.45) is 2.13. The van der Waals surface area contributed by atoms with Gasteiger partial charge in [0.25, 0.3) is 0 Å². The van der Waals surface area contributed by atoms with Crippen LogP contribution in [0.15, 0.2) is 180 Å². The maximum Gasteiger partial charge on any atom is 0.127 e. The molecule has 294 valence electrons. The minimum Gasteiger partial charge on any atom is -0.507 e. The molecule has 8 aromatic rings. The van der Waals surface area contributed by atoms with Crippen molar-refractivity contribution >= 4 is 23.5 Å². The number of rotatable bonds is 11. The normalized spacial score (nSPS) is 12.9. The third-order valence-electron chi connectivity index (χ3n) is 12.3. The van der Waals surface area contributed by atoms with Crippen LogP contribution in [0, 0.1) is 13.8 Å². The molecular weight excluding hydrogens is 769 g/mol. The summed E-state index contributed by atoms with van der Waals surface area (Å²) in [5, 5.41) is 24.2. The maximum atomic E-state index is 12.1. The average Bonchev–Trinajstić information content (AvgIpc) is 3.79. The topological polar surface area (TPSA) is 40.5 Å². The van der Waals surface area contributed by atoms with Crippen LogP contribution < -0.4 is 0 Å². The van der Waals surface area contributed by atoms with Crippen molar-refractivity contribution in [2.45, 2.75) is 48.3 Å². The van der Waals surface area contributed by atoms with Crippen LogP contribution in [0.1, 0.15) is 69.2 Å². The Morgan fingerprint density at radius 3 is 1.00 bits per heavy atom. The summed E-state index contributed by atoms with van der Waals surface area (Å²) in [4.78, 5) is 2.38. The van der Waals surface area contributed by atoms with Gasteiger partial charge in [-0.1, -0.05) is 146 Å². The van der Waals surface area contributed by atoms with E-state index in [0.29, 0.717) is 11.5 Å². The molecule has 2 aliphatic carbocycles. The summed E-state index contributed by atoms with van der Waals surface area (Å²) in [5.74, 6) is 2.66. The predicted octanol–water partition coefficient (Wildman–Crippen LogP) is 15.0. The van der Waals surface area contributed by atoms with E-state index in [0.717, 1.165) is 68.9 Å². The quantitative estimate of drug-likeness (QED) is 0.101. The molecular formula is C56H46O2S2. The van der Waals surface area contributed by atoms with Gasteiger partial charge in [0.1, 0.15) is 11.5 Å². The van der Waals surface area contributed by atoms with Gasteiger partial charge in [0.15, 0.2) is 0 Å². The minimum absolute atomic E-state index is 0.0160. The van der Waals surface area contributed by atoms with Crippen molar-refractivity contribution in [2.75, 3.05) is 11.5 Å². The molecule has 0 atom stereocenters. The molecule has 2 N–H and O–H groups in total. The number of unbranched alkanes of at least 4 members (excludes halogenated alkanes) is 1. The monoisotopic (exact) mass is 814 g/mol. The number of thioether (sulfide) groups is 2. The molecule has 8 aromatic carbocycles. The third kappa shape index (κ3) is 6.82. The van der Waals surface area contributed by atoms with Crippen LogP contribution in [-0.2, 0) is 0 Å². The SMILES string of the molecule is Cc1cc(-c2ccccc2SCCCCSc2ccccc2-c2cc(C)cc(C3c4ccccc4-c4ccccc43)c2O)c(O)c(C2c3ccccc3-c3ccccc32)c1. The smallest absolute Gasteiger partial charge is 0.127 e. The van der Waals surface area contributed by atoms with E-state index in [2.05, 4.69) is 184 Å². The van der Waals surface area contributed by atoms with Gasteiger partial charge in [-0.2, -0.15) is 0 Å². The molecule has 2 nitrogen and oxygen atoms in total. The molecule has 0 bridgehead atoms. The van der Waals surface area contributed by atoms with Gasteiger partial charge in [-0.3, -0.25) is 0 Å². The molecule has 2 aliphatic rings.